The molecule has 0 bridgehead atoms. The van der Waals surface area contributed by atoms with Crippen LogP contribution in [0.3, 0.4) is 0 Å². The highest BCUT2D eigenvalue weighted by Gasteiger charge is 2.12. The van der Waals surface area contributed by atoms with E-state index in [1.165, 1.54) is 38.1 Å². The molecule has 0 fully saturated rings. The van der Waals surface area contributed by atoms with Gasteiger partial charge in [0, 0.05) is 43.8 Å². The molecule has 5 aromatic carbocycles. The van der Waals surface area contributed by atoms with Crippen molar-refractivity contribution in [1.29, 1.82) is 0 Å². The minimum atomic E-state index is 1.10. The zero-order valence-electron chi connectivity index (χ0n) is 16.7. The molecule has 0 spiro atoms. The molecule has 31 heavy (non-hydrogen) atoms. The number of halogens is 1. The summed E-state index contributed by atoms with van der Waals surface area (Å²) in [7, 11) is 0. The highest BCUT2D eigenvalue weighted by molar-refractivity contribution is 9.10. The molecule has 3 heteroatoms. The van der Waals surface area contributed by atoms with Gasteiger partial charge in [0.25, 0.3) is 0 Å². The number of hydrogen-bond donors (Lipinski definition) is 2. The number of H-pyrrole nitrogens is 1. The first-order chi connectivity index (χ1) is 15.3. The fraction of sp³-hybridized carbons (Fsp3) is 0. The minimum Gasteiger partial charge on any atom is -0.361 e. The molecule has 0 aliphatic heterocycles. The van der Waals surface area contributed by atoms with Gasteiger partial charge in [0.15, 0.2) is 0 Å². The fourth-order valence-electron chi connectivity index (χ4n) is 4.41. The number of anilines is 2. The molecular formula is C28H19BrN2. The summed E-state index contributed by atoms with van der Waals surface area (Å²) in [6.45, 7) is 0. The second kappa shape index (κ2) is 7.29. The molecule has 1 aromatic heterocycles. The number of fused-ring (bicyclic) bond motifs is 3. The molecule has 0 amide bonds. The quantitative estimate of drug-likeness (QED) is 0.270. The van der Waals surface area contributed by atoms with Crippen molar-refractivity contribution in [2.45, 2.75) is 0 Å². The Morgan fingerprint density at radius 3 is 2.23 bits per heavy atom. The monoisotopic (exact) mass is 462 g/mol. The van der Waals surface area contributed by atoms with Crippen molar-refractivity contribution in [2.75, 3.05) is 5.32 Å². The largest absolute Gasteiger partial charge is 0.361 e. The smallest absolute Gasteiger partial charge is 0.0545 e. The van der Waals surface area contributed by atoms with Gasteiger partial charge >= 0.3 is 0 Å². The summed E-state index contributed by atoms with van der Waals surface area (Å²) in [5.41, 5.74) is 5.73. The maximum absolute atomic E-state index is 3.73. The maximum Gasteiger partial charge on any atom is 0.0545 e. The third-order valence-corrected chi connectivity index (χ3v) is 6.59. The number of benzene rings is 5. The number of nitrogens with one attached hydrogen (secondary N) is 2. The summed E-state index contributed by atoms with van der Waals surface area (Å²) >= 11 is 3.67. The van der Waals surface area contributed by atoms with Crippen LogP contribution >= 0.6 is 15.9 Å². The molecule has 0 radical (unpaired) electrons. The van der Waals surface area contributed by atoms with Crippen molar-refractivity contribution in [3.63, 3.8) is 0 Å². The van der Waals surface area contributed by atoms with E-state index in [0.717, 1.165) is 21.4 Å². The molecular weight excluding hydrogens is 444 g/mol. The average Bonchev–Trinajstić information content (AvgIpc) is 3.30. The summed E-state index contributed by atoms with van der Waals surface area (Å²) in [6, 6.07) is 34.4. The van der Waals surface area contributed by atoms with Gasteiger partial charge in [-0.3, -0.25) is 0 Å². The lowest BCUT2D eigenvalue weighted by Crippen LogP contribution is -1.94. The Morgan fingerprint density at radius 2 is 1.35 bits per heavy atom. The van der Waals surface area contributed by atoms with Crippen molar-refractivity contribution in [1.82, 2.24) is 4.98 Å². The number of rotatable bonds is 3. The van der Waals surface area contributed by atoms with Crippen LogP contribution in [0.4, 0.5) is 11.4 Å². The molecule has 148 valence electrons. The standard InChI is InChI=1S/C28H19BrN2/c29-25-13-12-23(28-24(25)14-15-30-28)20-16-19-7-2-4-10-22(19)27(17-20)31-26-11-5-8-18-6-1-3-9-21(18)26/h1-17,30-31H. The van der Waals surface area contributed by atoms with E-state index in [1.54, 1.807) is 0 Å². The molecule has 0 saturated heterocycles. The van der Waals surface area contributed by atoms with Crippen LogP contribution < -0.4 is 5.32 Å². The highest BCUT2D eigenvalue weighted by Crippen LogP contribution is 2.38. The Kier molecular flexibility index (Phi) is 4.29. The lowest BCUT2D eigenvalue weighted by molar-refractivity contribution is 1.47. The Balaban J connectivity index is 1.57. The summed E-state index contributed by atoms with van der Waals surface area (Å²) in [5, 5.41) is 9.79. The van der Waals surface area contributed by atoms with E-state index in [4.69, 9.17) is 0 Å². The van der Waals surface area contributed by atoms with E-state index >= 15 is 0 Å². The third kappa shape index (κ3) is 3.09. The summed E-state index contributed by atoms with van der Waals surface area (Å²) in [6.07, 6.45) is 2.00. The van der Waals surface area contributed by atoms with Crippen LogP contribution in [0.15, 0.2) is 108 Å². The van der Waals surface area contributed by atoms with Crippen LogP contribution in [-0.4, -0.2) is 4.98 Å². The first-order valence-corrected chi connectivity index (χ1v) is 11.1. The zero-order valence-corrected chi connectivity index (χ0v) is 18.3. The van der Waals surface area contributed by atoms with E-state index in [1.807, 2.05) is 6.20 Å². The predicted molar refractivity (Wildman–Crippen MR) is 136 cm³/mol. The average molecular weight is 463 g/mol. The van der Waals surface area contributed by atoms with Gasteiger partial charge in [-0.15, -0.1) is 0 Å². The minimum absolute atomic E-state index is 1.10. The van der Waals surface area contributed by atoms with Crippen molar-refractivity contribution >= 4 is 59.8 Å². The van der Waals surface area contributed by atoms with E-state index in [-0.39, 0.29) is 0 Å². The Morgan fingerprint density at radius 1 is 0.613 bits per heavy atom. The van der Waals surface area contributed by atoms with Crippen LogP contribution in [0.5, 0.6) is 0 Å². The van der Waals surface area contributed by atoms with Crippen LogP contribution in [0, 0.1) is 0 Å². The first kappa shape index (κ1) is 18.2. The van der Waals surface area contributed by atoms with E-state index in [2.05, 4.69) is 123 Å². The maximum atomic E-state index is 3.73. The van der Waals surface area contributed by atoms with Gasteiger partial charge in [-0.1, -0.05) is 82.7 Å². The second-order valence-corrected chi connectivity index (χ2v) is 8.61. The first-order valence-electron chi connectivity index (χ1n) is 10.3. The molecule has 6 aromatic rings. The predicted octanol–water partition coefficient (Wildman–Crippen LogP) is 8.65. The van der Waals surface area contributed by atoms with Gasteiger partial charge in [-0.2, -0.15) is 0 Å². The fourth-order valence-corrected chi connectivity index (χ4v) is 4.87. The summed E-state index contributed by atoms with van der Waals surface area (Å²) in [5.74, 6) is 0. The number of aromatic nitrogens is 1. The highest BCUT2D eigenvalue weighted by atomic mass is 79.9. The van der Waals surface area contributed by atoms with Gasteiger partial charge in [0.05, 0.1) is 5.52 Å². The van der Waals surface area contributed by atoms with Crippen molar-refractivity contribution in [3.05, 3.63) is 108 Å². The van der Waals surface area contributed by atoms with Crippen molar-refractivity contribution in [2.24, 2.45) is 0 Å². The Bertz CT molecular complexity index is 1570. The third-order valence-electron chi connectivity index (χ3n) is 5.90. The molecule has 0 unspecified atom stereocenters. The Labute approximate surface area is 188 Å². The van der Waals surface area contributed by atoms with Crippen LogP contribution in [-0.2, 0) is 0 Å². The van der Waals surface area contributed by atoms with Crippen LogP contribution in [0.25, 0.3) is 43.6 Å². The molecule has 0 atom stereocenters. The van der Waals surface area contributed by atoms with E-state index in [9.17, 15) is 0 Å². The van der Waals surface area contributed by atoms with Gasteiger partial charge in [0.2, 0.25) is 0 Å². The van der Waals surface area contributed by atoms with Crippen LogP contribution in [0.1, 0.15) is 0 Å². The molecule has 0 saturated carbocycles. The molecule has 6 rings (SSSR count). The number of hydrogen-bond acceptors (Lipinski definition) is 1. The van der Waals surface area contributed by atoms with E-state index < -0.39 is 0 Å². The Hall–Kier alpha value is -3.56. The topological polar surface area (TPSA) is 27.8 Å². The van der Waals surface area contributed by atoms with Gasteiger partial charge in [-0.25, -0.2) is 0 Å². The van der Waals surface area contributed by atoms with Crippen molar-refractivity contribution < 1.29 is 0 Å². The van der Waals surface area contributed by atoms with Crippen LogP contribution in [0.2, 0.25) is 0 Å². The zero-order chi connectivity index (χ0) is 20.8. The van der Waals surface area contributed by atoms with Gasteiger partial charge in [-0.05, 0) is 46.7 Å². The molecule has 0 aliphatic rings. The van der Waals surface area contributed by atoms with Crippen molar-refractivity contribution in [3.8, 4) is 11.1 Å². The lowest BCUT2D eigenvalue weighted by atomic mass is 9.98. The van der Waals surface area contributed by atoms with Gasteiger partial charge in [0.1, 0.15) is 0 Å². The number of aromatic amines is 1. The molecule has 0 aliphatic carbocycles. The normalized spacial score (nSPS) is 11.4. The molecule has 2 nitrogen and oxygen atoms in total. The summed E-state index contributed by atoms with van der Waals surface area (Å²) in [4.78, 5) is 3.42. The van der Waals surface area contributed by atoms with E-state index in [0.29, 0.717) is 0 Å². The second-order valence-electron chi connectivity index (χ2n) is 7.76. The lowest BCUT2D eigenvalue weighted by Gasteiger charge is -2.15. The van der Waals surface area contributed by atoms with Gasteiger partial charge < -0.3 is 10.3 Å². The SMILES string of the molecule is Brc1ccc(-c2cc(Nc3cccc4ccccc34)c3ccccc3c2)c2[nH]ccc12. The molecule has 2 N–H and O–H groups in total. The molecule has 1 heterocycles. The summed E-state index contributed by atoms with van der Waals surface area (Å²) < 4.78 is 1.10.